The first-order chi connectivity index (χ1) is 13.0. The van der Waals surface area contributed by atoms with Crippen molar-refractivity contribution in [2.75, 3.05) is 5.32 Å². The van der Waals surface area contributed by atoms with Gasteiger partial charge in [0.2, 0.25) is 0 Å². The van der Waals surface area contributed by atoms with Crippen molar-refractivity contribution >= 4 is 11.6 Å². The number of amides is 1. The normalized spacial score (nSPS) is 10.5. The molecule has 1 aromatic heterocycles. The first-order valence-electron chi connectivity index (χ1n) is 9.17. The number of carbonyl (C=O) groups is 1. The maximum absolute atomic E-state index is 12.5. The van der Waals surface area contributed by atoms with Gasteiger partial charge in [-0.15, -0.1) is 0 Å². The summed E-state index contributed by atoms with van der Waals surface area (Å²) in [6.45, 7) is 6.01. The van der Waals surface area contributed by atoms with Crippen LogP contribution in [0.4, 0.5) is 5.69 Å². The molecule has 0 bridgehead atoms. The van der Waals surface area contributed by atoms with E-state index in [9.17, 15) is 4.79 Å². The number of aryl methyl sites for hydroxylation is 3. The third-order valence-corrected chi connectivity index (χ3v) is 4.23. The van der Waals surface area contributed by atoms with Crippen molar-refractivity contribution in [2.24, 2.45) is 0 Å². The quantitative estimate of drug-likeness (QED) is 0.614. The van der Waals surface area contributed by atoms with Crippen molar-refractivity contribution in [1.29, 1.82) is 0 Å². The van der Waals surface area contributed by atoms with Crippen LogP contribution in [0.15, 0.2) is 60.7 Å². The molecule has 0 radical (unpaired) electrons. The highest BCUT2D eigenvalue weighted by atomic mass is 16.5. The molecular formula is C23H24N2O2. The molecule has 0 fully saturated rings. The highest BCUT2D eigenvalue weighted by molar-refractivity contribution is 6.05. The van der Waals surface area contributed by atoms with Crippen LogP contribution < -0.4 is 10.1 Å². The molecule has 27 heavy (non-hydrogen) atoms. The minimum atomic E-state index is -0.157. The molecule has 3 aromatic rings. The highest BCUT2D eigenvalue weighted by Crippen LogP contribution is 2.24. The van der Waals surface area contributed by atoms with Gasteiger partial charge < -0.3 is 10.1 Å². The Hall–Kier alpha value is -3.14. The summed E-state index contributed by atoms with van der Waals surface area (Å²) in [4.78, 5) is 17.0. The molecule has 4 nitrogen and oxygen atoms in total. The van der Waals surface area contributed by atoms with Gasteiger partial charge in [-0.2, -0.15) is 0 Å². The molecule has 0 aliphatic heterocycles. The molecule has 0 atom stereocenters. The SMILES string of the molecule is CCCc1ccc(C(=O)Nc2ccc(Oc3cccc(C)c3)cc2)c(C)n1. The third-order valence-electron chi connectivity index (χ3n) is 4.23. The smallest absolute Gasteiger partial charge is 0.257 e. The van der Waals surface area contributed by atoms with Crippen LogP contribution in [-0.4, -0.2) is 10.9 Å². The van der Waals surface area contributed by atoms with Crippen LogP contribution in [-0.2, 0) is 6.42 Å². The van der Waals surface area contributed by atoms with Crippen molar-refractivity contribution in [3.63, 3.8) is 0 Å². The second-order valence-corrected chi connectivity index (χ2v) is 6.58. The fourth-order valence-corrected chi connectivity index (χ4v) is 2.87. The molecule has 0 saturated heterocycles. The number of hydrogen-bond acceptors (Lipinski definition) is 3. The van der Waals surface area contributed by atoms with Gasteiger partial charge >= 0.3 is 0 Å². The summed E-state index contributed by atoms with van der Waals surface area (Å²) in [5.41, 5.74) is 4.22. The highest BCUT2D eigenvalue weighted by Gasteiger charge is 2.11. The fraction of sp³-hybridized carbons (Fsp3) is 0.217. The summed E-state index contributed by atoms with van der Waals surface area (Å²) >= 11 is 0. The molecule has 0 aliphatic carbocycles. The zero-order valence-electron chi connectivity index (χ0n) is 16.0. The summed E-state index contributed by atoms with van der Waals surface area (Å²) in [6.07, 6.45) is 1.96. The predicted molar refractivity (Wildman–Crippen MR) is 109 cm³/mol. The van der Waals surface area contributed by atoms with Gasteiger partial charge in [-0.3, -0.25) is 9.78 Å². The second kappa shape index (κ2) is 8.49. The lowest BCUT2D eigenvalue weighted by Gasteiger charge is -2.10. The lowest BCUT2D eigenvalue weighted by molar-refractivity contribution is 0.102. The average Bonchev–Trinajstić information content (AvgIpc) is 2.64. The van der Waals surface area contributed by atoms with Gasteiger partial charge in [0.15, 0.2) is 0 Å². The van der Waals surface area contributed by atoms with Crippen LogP contribution in [0.5, 0.6) is 11.5 Å². The summed E-state index contributed by atoms with van der Waals surface area (Å²) in [6, 6.07) is 19.0. The van der Waals surface area contributed by atoms with E-state index in [0.29, 0.717) is 11.3 Å². The van der Waals surface area contributed by atoms with Gasteiger partial charge in [-0.25, -0.2) is 0 Å². The van der Waals surface area contributed by atoms with Gasteiger partial charge in [0.25, 0.3) is 5.91 Å². The summed E-state index contributed by atoms with van der Waals surface area (Å²) in [5.74, 6) is 1.36. The van der Waals surface area contributed by atoms with Gasteiger partial charge in [0.1, 0.15) is 11.5 Å². The summed E-state index contributed by atoms with van der Waals surface area (Å²) < 4.78 is 5.84. The number of hydrogen-bond donors (Lipinski definition) is 1. The molecule has 0 saturated carbocycles. The van der Waals surface area contributed by atoms with Crippen molar-refractivity contribution in [3.8, 4) is 11.5 Å². The number of anilines is 1. The minimum Gasteiger partial charge on any atom is -0.457 e. The number of aromatic nitrogens is 1. The van der Waals surface area contributed by atoms with E-state index in [1.165, 1.54) is 0 Å². The number of pyridine rings is 1. The lowest BCUT2D eigenvalue weighted by Crippen LogP contribution is -2.14. The van der Waals surface area contributed by atoms with Crippen molar-refractivity contribution in [2.45, 2.75) is 33.6 Å². The van der Waals surface area contributed by atoms with Gasteiger partial charge in [0, 0.05) is 11.4 Å². The molecule has 3 rings (SSSR count). The Labute approximate surface area is 160 Å². The number of ether oxygens (including phenoxy) is 1. The van der Waals surface area contributed by atoms with Gasteiger partial charge in [-0.1, -0.05) is 25.5 Å². The fourth-order valence-electron chi connectivity index (χ4n) is 2.87. The van der Waals surface area contributed by atoms with Crippen LogP contribution in [0.2, 0.25) is 0 Å². The number of benzene rings is 2. The van der Waals surface area contributed by atoms with E-state index in [1.54, 1.807) is 0 Å². The molecule has 0 unspecified atom stereocenters. The minimum absolute atomic E-state index is 0.157. The van der Waals surface area contributed by atoms with Gasteiger partial charge in [0.05, 0.1) is 11.3 Å². The summed E-state index contributed by atoms with van der Waals surface area (Å²) in [5, 5.41) is 2.92. The van der Waals surface area contributed by atoms with Crippen molar-refractivity contribution < 1.29 is 9.53 Å². The number of nitrogens with one attached hydrogen (secondary N) is 1. The van der Waals surface area contributed by atoms with Crippen molar-refractivity contribution in [1.82, 2.24) is 4.98 Å². The van der Waals surface area contributed by atoms with E-state index in [1.807, 2.05) is 74.5 Å². The Balaban J connectivity index is 1.66. The second-order valence-electron chi connectivity index (χ2n) is 6.58. The van der Waals surface area contributed by atoms with Gasteiger partial charge in [-0.05, 0) is 74.4 Å². The zero-order valence-corrected chi connectivity index (χ0v) is 16.0. The number of carbonyl (C=O) groups excluding carboxylic acids is 1. The first kappa shape index (κ1) is 18.6. The van der Waals surface area contributed by atoms with Crippen LogP contribution in [0.1, 0.15) is 40.7 Å². The van der Waals surface area contributed by atoms with E-state index >= 15 is 0 Å². The van der Waals surface area contributed by atoms with E-state index < -0.39 is 0 Å². The Morgan fingerprint density at radius 1 is 1.00 bits per heavy atom. The lowest BCUT2D eigenvalue weighted by atomic mass is 10.1. The number of nitrogens with zero attached hydrogens (tertiary/aromatic N) is 1. The molecule has 1 N–H and O–H groups in total. The number of rotatable bonds is 6. The Kier molecular flexibility index (Phi) is 5.87. The van der Waals surface area contributed by atoms with Crippen LogP contribution in [0.3, 0.4) is 0 Å². The van der Waals surface area contributed by atoms with E-state index in [0.717, 1.165) is 41.3 Å². The monoisotopic (exact) mass is 360 g/mol. The topological polar surface area (TPSA) is 51.2 Å². The predicted octanol–water partition coefficient (Wildman–Crippen LogP) is 5.70. The molecule has 0 aliphatic rings. The molecule has 1 heterocycles. The Morgan fingerprint density at radius 2 is 1.78 bits per heavy atom. The standard InChI is InChI=1S/C23H24N2O2/c1-4-6-18-11-14-22(17(3)24-18)23(26)25-19-9-12-20(13-10-19)27-21-8-5-7-16(2)15-21/h5,7-15H,4,6H2,1-3H3,(H,25,26). The summed E-state index contributed by atoms with van der Waals surface area (Å²) in [7, 11) is 0. The molecule has 4 heteroatoms. The zero-order chi connectivity index (χ0) is 19.2. The maximum Gasteiger partial charge on any atom is 0.257 e. The van der Waals surface area contributed by atoms with Crippen LogP contribution >= 0.6 is 0 Å². The maximum atomic E-state index is 12.5. The molecular weight excluding hydrogens is 336 g/mol. The molecule has 138 valence electrons. The van der Waals surface area contributed by atoms with E-state index in [-0.39, 0.29) is 5.91 Å². The van der Waals surface area contributed by atoms with Crippen molar-refractivity contribution in [3.05, 3.63) is 83.2 Å². The largest absolute Gasteiger partial charge is 0.457 e. The Morgan fingerprint density at radius 3 is 2.44 bits per heavy atom. The van der Waals surface area contributed by atoms with Crippen LogP contribution in [0, 0.1) is 13.8 Å². The molecule has 0 spiro atoms. The van der Waals surface area contributed by atoms with E-state index in [4.69, 9.17) is 4.74 Å². The van der Waals surface area contributed by atoms with E-state index in [2.05, 4.69) is 17.2 Å². The Bertz CT molecular complexity index is 933. The third kappa shape index (κ3) is 4.94. The average molecular weight is 360 g/mol. The molecule has 1 amide bonds. The molecule has 2 aromatic carbocycles. The van der Waals surface area contributed by atoms with Crippen LogP contribution in [0.25, 0.3) is 0 Å². The first-order valence-corrected chi connectivity index (χ1v) is 9.17.